The van der Waals surface area contributed by atoms with E-state index in [1.54, 1.807) is 6.08 Å². The van der Waals surface area contributed by atoms with Crippen molar-refractivity contribution >= 4 is 16.0 Å². The van der Waals surface area contributed by atoms with Crippen LogP contribution in [-0.4, -0.2) is 41.9 Å². The van der Waals surface area contributed by atoms with Gasteiger partial charge in [-0.3, -0.25) is 9.35 Å². The molecule has 0 aromatic heterocycles. The van der Waals surface area contributed by atoms with Crippen molar-refractivity contribution in [3.05, 3.63) is 24.3 Å². The van der Waals surface area contributed by atoms with Crippen LogP contribution in [0, 0.1) is 0 Å². The third-order valence-corrected chi connectivity index (χ3v) is 8.40. The summed E-state index contributed by atoms with van der Waals surface area (Å²) in [6.07, 6.45) is 34.4. The lowest BCUT2D eigenvalue weighted by atomic mass is 10.0. The van der Waals surface area contributed by atoms with E-state index in [1.165, 1.54) is 89.9 Å². The zero-order valence-electron chi connectivity index (χ0n) is 26.7. The van der Waals surface area contributed by atoms with Gasteiger partial charge in [0, 0.05) is 6.42 Å². The average molecular weight is 600 g/mol. The normalized spacial score (nSPS) is 13.8. The van der Waals surface area contributed by atoms with E-state index in [-0.39, 0.29) is 12.3 Å². The minimum absolute atomic E-state index is 0.286. The Morgan fingerprint density at radius 1 is 0.634 bits per heavy atom. The molecule has 0 saturated heterocycles. The molecule has 0 aromatic rings. The van der Waals surface area contributed by atoms with Crippen molar-refractivity contribution in [3.8, 4) is 0 Å². The number of rotatable bonds is 30. The summed E-state index contributed by atoms with van der Waals surface area (Å²) >= 11 is 0. The second-order valence-corrected chi connectivity index (χ2v) is 13.3. The summed E-state index contributed by atoms with van der Waals surface area (Å²) in [6.45, 7) is 4.46. The summed E-state index contributed by atoms with van der Waals surface area (Å²) in [4.78, 5) is 12.4. The van der Waals surface area contributed by atoms with E-state index in [2.05, 4.69) is 31.3 Å². The Morgan fingerprint density at radius 2 is 1.02 bits per heavy atom. The quantitative estimate of drug-likeness (QED) is 0.0434. The molecule has 41 heavy (non-hydrogen) atoms. The minimum atomic E-state index is -4.33. The van der Waals surface area contributed by atoms with Crippen molar-refractivity contribution < 1.29 is 22.9 Å². The number of nitrogens with one attached hydrogen (secondary N) is 1. The van der Waals surface area contributed by atoms with Crippen LogP contribution < -0.4 is 5.32 Å². The van der Waals surface area contributed by atoms with Gasteiger partial charge in [-0.05, 0) is 44.9 Å². The number of amides is 1. The van der Waals surface area contributed by atoms with E-state index in [1.807, 2.05) is 6.08 Å². The molecule has 3 N–H and O–H groups in total. The number of unbranched alkanes of at least 4 members (excludes halogenated alkanes) is 20. The molecule has 0 heterocycles. The van der Waals surface area contributed by atoms with Crippen LogP contribution in [0.5, 0.6) is 0 Å². The van der Waals surface area contributed by atoms with Crippen molar-refractivity contribution in [1.82, 2.24) is 5.32 Å². The van der Waals surface area contributed by atoms with Crippen molar-refractivity contribution in [2.24, 2.45) is 0 Å². The predicted octanol–water partition coefficient (Wildman–Crippen LogP) is 9.23. The Hall–Kier alpha value is -1.18. The first kappa shape index (κ1) is 39.8. The molecule has 0 aliphatic rings. The van der Waals surface area contributed by atoms with Gasteiger partial charge in [-0.1, -0.05) is 141 Å². The third kappa shape index (κ3) is 30.1. The van der Waals surface area contributed by atoms with Crippen LogP contribution in [0.3, 0.4) is 0 Å². The van der Waals surface area contributed by atoms with Gasteiger partial charge < -0.3 is 10.4 Å². The lowest BCUT2D eigenvalue weighted by Gasteiger charge is -2.21. The molecule has 6 nitrogen and oxygen atoms in total. The average Bonchev–Trinajstić information content (AvgIpc) is 2.92. The fraction of sp³-hybridized carbons (Fsp3) is 0.853. The van der Waals surface area contributed by atoms with Gasteiger partial charge in [-0.25, -0.2) is 0 Å². The van der Waals surface area contributed by atoms with Gasteiger partial charge in [-0.15, -0.1) is 0 Å². The number of allylic oxidation sites excluding steroid dienone is 3. The van der Waals surface area contributed by atoms with Crippen LogP contribution >= 0.6 is 0 Å². The Kier molecular flexibility index (Phi) is 28.1. The molecule has 7 heteroatoms. The van der Waals surface area contributed by atoms with Gasteiger partial charge in [0.15, 0.2) is 0 Å². The standard InChI is InChI=1S/C34H65NO5S/c1-3-5-7-9-11-13-15-17-18-19-21-23-25-27-29-33(36)32(31-41(38,39)40)35-34(37)30-28-26-24-22-20-16-14-12-10-8-6-4-2/h12,14,27,29,32-33,36H,3-11,13,15-26,28,30-31H2,1-2H3,(H,35,37)(H,38,39,40)/b14-12-,29-27+. The van der Waals surface area contributed by atoms with E-state index in [0.29, 0.717) is 0 Å². The first-order chi connectivity index (χ1) is 19.8. The van der Waals surface area contributed by atoms with E-state index >= 15 is 0 Å². The minimum Gasteiger partial charge on any atom is -0.387 e. The Bertz CT molecular complexity index is 750. The van der Waals surface area contributed by atoms with Gasteiger partial charge in [0.25, 0.3) is 10.1 Å². The fourth-order valence-electron chi connectivity index (χ4n) is 5.03. The molecule has 0 aliphatic heterocycles. The van der Waals surface area contributed by atoms with Crippen LogP contribution in [0.4, 0.5) is 0 Å². The van der Waals surface area contributed by atoms with E-state index in [0.717, 1.165) is 57.8 Å². The lowest BCUT2D eigenvalue weighted by Crippen LogP contribution is -2.46. The largest absolute Gasteiger partial charge is 0.387 e. The summed E-state index contributed by atoms with van der Waals surface area (Å²) in [7, 11) is -4.33. The highest BCUT2D eigenvalue weighted by atomic mass is 32.2. The van der Waals surface area contributed by atoms with E-state index < -0.39 is 28.0 Å². The highest BCUT2D eigenvalue weighted by Crippen LogP contribution is 2.13. The van der Waals surface area contributed by atoms with Gasteiger partial charge in [0.1, 0.15) is 0 Å². The number of aliphatic hydroxyl groups is 1. The Balaban J connectivity index is 4.05. The van der Waals surface area contributed by atoms with E-state index in [9.17, 15) is 22.9 Å². The van der Waals surface area contributed by atoms with Gasteiger partial charge in [0.2, 0.25) is 5.91 Å². The molecule has 2 unspecified atom stereocenters. The maximum atomic E-state index is 12.4. The molecule has 0 radical (unpaired) electrons. The van der Waals surface area contributed by atoms with Crippen molar-refractivity contribution in [2.45, 2.75) is 180 Å². The van der Waals surface area contributed by atoms with Crippen LogP contribution in [-0.2, 0) is 14.9 Å². The van der Waals surface area contributed by atoms with Gasteiger partial charge >= 0.3 is 0 Å². The van der Waals surface area contributed by atoms with Crippen LogP contribution in [0.1, 0.15) is 168 Å². The van der Waals surface area contributed by atoms with Crippen molar-refractivity contribution in [1.29, 1.82) is 0 Å². The summed E-state index contributed by atoms with van der Waals surface area (Å²) < 4.78 is 32.2. The first-order valence-corrected chi connectivity index (χ1v) is 18.6. The smallest absolute Gasteiger partial charge is 0.267 e. The Morgan fingerprint density at radius 3 is 1.51 bits per heavy atom. The van der Waals surface area contributed by atoms with Gasteiger partial charge in [-0.2, -0.15) is 8.42 Å². The maximum Gasteiger partial charge on any atom is 0.267 e. The molecular formula is C34H65NO5S. The molecule has 242 valence electrons. The Labute approximate surface area is 254 Å². The highest BCUT2D eigenvalue weighted by Gasteiger charge is 2.24. The molecule has 0 bridgehead atoms. The van der Waals surface area contributed by atoms with Crippen LogP contribution in [0.2, 0.25) is 0 Å². The van der Waals surface area contributed by atoms with Crippen LogP contribution in [0.25, 0.3) is 0 Å². The predicted molar refractivity (Wildman–Crippen MR) is 175 cm³/mol. The summed E-state index contributed by atoms with van der Waals surface area (Å²) in [6, 6.07) is -1.06. The number of hydrogen-bond donors (Lipinski definition) is 3. The number of aliphatic hydroxyl groups excluding tert-OH is 1. The lowest BCUT2D eigenvalue weighted by molar-refractivity contribution is -0.122. The topological polar surface area (TPSA) is 104 Å². The van der Waals surface area contributed by atoms with Crippen molar-refractivity contribution in [2.75, 3.05) is 5.75 Å². The molecule has 0 spiro atoms. The number of carbonyl (C=O) groups is 1. The maximum absolute atomic E-state index is 12.4. The monoisotopic (exact) mass is 599 g/mol. The molecule has 0 aliphatic carbocycles. The molecule has 0 saturated carbocycles. The highest BCUT2D eigenvalue weighted by molar-refractivity contribution is 7.85. The second-order valence-electron chi connectivity index (χ2n) is 11.8. The zero-order valence-corrected chi connectivity index (χ0v) is 27.5. The molecular weight excluding hydrogens is 534 g/mol. The summed E-state index contributed by atoms with van der Waals surface area (Å²) in [5, 5.41) is 13.1. The van der Waals surface area contributed by atoms with Crippen LogP contribution in [0.15, 0.2) is 24.3 Å². The number of hydrogen-bond acceptors (Lipinski definition) is 4. The molecule has 0 aromatic carbocycles. The summed E-state index contributed by atoms with van der Waals surface area (Å²) in [5.41, 5.74) is 0. The molecule has 0 rings (SSSR count). The zero-order chi connectivity index (χ0) is 30.4. The SMILES string of the molecule is CCCCC/C=C\CCCCCCCC(=O)NC(CS(=O)(=O)O)C(O)/C=C/CCCCCCCCCCCCCC. The molecule has 0 fully saturated rings. The van der Waals surface area contributed by atoms with Crippen molar-refractivity contribution in [3.63, 3.8) is 0 Å². The number of carbonyl (C=O) groups excluding carboxylic acids is 1. The van der Waals surface area contributed by atoms with Gasteiger partial charge in [0.05, 0.1) is 17.9 Å². The second kappa shape index (κ2) is 28.9. The summed E-state index contributed by atoms with van der Waals surface area (Å²) in [5.74, 6) is -0.989. The third-order valence-electron chi connectivity index (χ3n) is 7.62. The van der Waals surface area contributed by atoms with E-state index in [4.69, 9.17) is 0 Å². The fourth-order valence-corrected chi connectivity index (χ4v) is 5.76. The molecule has 1 amide bonds. The first-order valence-electron chi connectivity index (χ1n) is 17.0. The molecule has 2 atom stereocenters.